The van der Waals surface area contributed by atoms with Crippen molar-refractivity contribution in [3.05, 3.63) is 28.7 Å². The molecule has 4 saturated carbocycles. The van der Waals surface area contributed by atoms with E-state index in [-0.39, 0.29) is 12.6 Å². The summed E-state index contributed by atoms with van der Waals surface area (Å²) < 4.78 is 12.1. The molecule has 24 heavy (non-hydrogen) atoms. The SMILES string of the molecule is O=C(OCCOc1cccc(Br)c1)C12C[C@@H]3C[C@@H](CC(O)(C3)C1)C2. The van der Waals surface area contributed by atoms with Crippen LogP contribution in [-0.2, 0) is 9.53 Å². The molecule has 4 bridgehead atoms. The fraction of sp³-hybridized carbons (Fsp3) is 0.632. The molecule has 1 N–H and O–H groups in total. The minimum absolute atomic E-state index is 0.132. The number of carbonyl (C=O) groups is 1. The van der Waals surface area contributed by atoms with Gasteiger partial charge in [0.15, 0.2) is 0 Å². The van der Waals surface area contributed by atoms with Crippen molar-refractivity contribution in [1.82, 2.24) is 0 Å². The maximum Gasteiger partial charge on any atom is 0.312 e. The van der Waals surface area contributed by atoms with Crippen molar-refractivity contribution in [3.8, 4) is 5.75 Å². The van der Waals surface area contributed by atoms with E-state index < -0.39 is 11.0 Å². The molecule has 2 unspecified atom stereocenters. The monoisotopic (exact) mass is 394 g/mol. The average molecular weight is 395 g/mol. The van der Waals surface area contributed by atoms with Crippen LogP contribution in [0.15, 0.2) is 28.7 Å². The van der Waals surface area contributed by atoms with Crippen molar-refractivity contribution in [2.24, 2.45) is 17.3 Å². The largest absolute Gasteiger partial charge is 0.490 e. The van der Waals surface area contributed by atoms with Crippen molar-refractivity contribution in [2.45, 2.75) is 44.1 Å². The minimum atomic E-state index is -0.629. The molecular formula is C19H23BrO4. The second-order valence-electron chi connectivity index (χ2n) is 7.91. The Hall–Kier alpha value is -1.07. The van der Waals surface area contributed by atoms with Gasteiger partial charge in [-0.3, -0.25) is 4.79 Å². The number of aliphatic hydroxyl groups is 1. The van der Waals surface area contributed by atoms with Crippen LogP contribution in [-0.4, -0.2) is 29.9 Å². The normalized spacial score (nSPS) is 36.6. The average Bonchev–Trinajstić information content (AvgIpc) is 2.49. The molecule has 0 spiro atoms. The summed E-state index contributed by atoms with van der Waals surface area (Å²) in [6, 6.07) is 7.60. The van der Waals surface area contributed by atoms with Gasteiger partial charge in [0, 0.05) is 4.47 Å². The van der Waals surface area contributed by atoms with Crippen LogP contribution in [0.1, 0.15) is 38.5 Å². The molecule has 0 heterocycles. The van der Waals surface area contributed by atoms with Crippen molar-refractivity contribution >= 4 is 21.9 Å². The molecule has 0 amide bonds. The van der Waals surface area contributed by atoms with E-state index in [1.54, 1.807) is 0 Å². The van der Waals surface area contributed by atoms with Crippen LogP contribution in [0.2, 0.25) is 0 Å². The zero-order chi connectivity index (χ0) is 16.8. The van der Waals surface area contributed by atoms with E-state index in [4.69, 9.17) is 9.47 Å². The topological polar surface area (TPSA) is 55.8 Å². The summed E-state index contributed by atoms with van der Waals surface area (Å²) >= 11 is 3.40. The lowest BCUT2D eigenvalue weighted by molar-refractivity contribution is -0.196. The zero-order valence-electron chi connectivity index (χ0n) is 13.7. The molecule has 4 aliphatic carbocycles. The molecule has 0 aromatic heterocycles. The Balaban J connectivity index is 1.32. The third kappa shape index (κ3) is 3.08. The number of ether oxygens (including phenoxy) is 2. The van der Waals surface area contributed by atoms with E-state index in [0.29, 0.717) is 24.9 Å². The van der Waals surface area contributed by atoms with E-state index >= 15 is 0 Å². The van der Waals surface area contributed by atoms with Crippen molar-refractivity contribution in [1.29, 1.82) is 0 Å². The van der Waals surface area contributed by atoms with Gasteiger partial charge < -0.3 is 14.6 Å². The zero-order valence-corrected chi connectivity index (χ0v) is 15.3. The van der Waals surface area contributed by atoms with E-state index in [1.165, 1.54) is 6.42 Å². The Morgan fingerprint density at radius 1 is 1.21 bits per heavy atom. The number of esters is 1. The maximum atomic E-state index is 12.7. The molecule has 5 heteroatoms. The van der Waals surface area contributed by atoms with E-state index in [9.17, 15) is 9.90 Å². The number of hydrogen-bond acceptors (Lipinski definition) is 4. The summed E-state index contributed by atoms with van der Waals surface area (Å²) in [6.45, 7) is 0.594. The van der Waals surface area contributed by atoms with Crippen molar-refractivity contribution in [3.63, 3.8) is 0 Å². The van der Waals surface area contributed by atoms with Gasteiger partial charge in [0.05, 0.1) is 11.0 Å². The lowest BCUT2D eigenvalue weighted by Crippen LogP contribution is -2.58. The third-order valence-electron chi connectivity index (χ3n) is 5.84. The molecule has 4 atom stereocenters. The summed E-state index contributed by atoms with van der Waals surface area (Å²) in [5, 5.41) is 10.7. The highest BCUT2D eigenvalue weighted by Crippen LogP contribution is 2.61. The van der Waals surface area contributed by atoms with Crippen LogP contribution in [0.4, 0.5) is 0 Å². The first-order valence-corrected chi connectivity index (χ1v) is 9.54. The molecule has 1 aromatic carbocycles. The molecule has 5 rings (SSSR count). The predicted octanol–water partition coefficient (Wildman–Crippen LogP) is 3.70. The van der Waals surface area contributed by atoms with Crippen LogP contribution in [0.25, 0.3) is 0 Å². The summed E-state index contributed by atoms with van der Waals surface area (Å²) in [5.41, 5.74) is -1.08. The summed E-state index contributed by atoms with van der Waals surface area (Å²) in [7, 11) is 0. The lowest BCUT2D eigenvalue weighted by atomic mass is 9.48. The lowest BCUT2D eigenvalue weighted by Gasteiger charge is -2.58. The van der Waals surface area contributed by atoms with Crippen LogP contribution < -0.4 is 4.74 Å². The molecule has 4 aliphatic rings. The Morgan fingerprint density at radius 2 is 1.96 bits per heavy atom. The second kappa shape index (κ2) is 6.03. The van der Waals surface area contributed by atoms with Gasteiger partial charge in [-0.1, -0.05) is 22.0 Å². The first-order valence-electron chi connectivity index (χ1n) is 8.74. The standard InChI is InChI=1S/C19H23BrO4/c20-15-2-1-3-16(7-15)23-4-5-24-17(21)18-8-13-6-14(9-18)11-19(22,10-13)12-18/h1-3,7,13-14,22H,4-6,8-12H2/t13-,14+,18?,19?. The number of rotatable bonds is 5. The van der Waals surface area contributed by atoms with Gasteiger partial charge in [-0.05, 0) is 68.6 Å². The summed E-state index contributed by atoms with van der Waals surface area (Å²) in [4.78, 5) is 12.7. The quantitative estimate of drug-likeness (QED) is 0.610. The molecule has 1 aromatic rings. The van der Waals surface area contributed by atoms with E-state index in [2.05, 4.69) is 15.9 Å². The summed E-state index contributed by atoms with van der Waals surface area (Å²) in [5.74, 6) is 1.60. The smallest absolute Gasteiger partial charge is 0.312 e. The van der Waals surface area contributed by atoms with Crippen molar-refractivity contribution in [2.75, 3.05) is 13.2 Å². The van der Waals surface area contributed by atoms with Crippen LogP contribution in [0, 0.1) is 17.3 Å². The Kier molecular flexibility index (Phi) is 4.12. The first kappa shape index (κ1) is 16.4. The van der Waals surface area contributed by atoms with E-state index in [0.717, 1.165) is 35.9 Å². The Morgan fingerprint density at radius 3 is 2.62 bits per heavy atom. The Labute approximate surface area is 150 Å². The van der Waals surface area contributed by atoms with Crippen LogP contribution >= 0.6 is 15.9 Å². The summed E-state index contributed by atoms with van der Waals surface area (Å²) in [6.07, 6.45) is 5.25. The maximum absolute atomic E-state index is 12.7. The fourth-order valence-electron chi connectivity index (χ4n) is 5.46. The molecule has 4 nitrogen and oxygen atoms in total. The number of carbonyl (C=O) groups excluding carboxylic acids is 1. The van der Waals surface area contributed by atoms with Gasteiger partial charge in [-0.2, -0.15) is 0 Å². The van der Waals surface area contributed by atoms with Gasteiger partial charge in [-0.25, -0.2) is 0 Å². The van der Waals surface area contributed by atoms with Gasteiger partial charge in [0.25, 0.3) is 0 Å². The van der Waals surface area contributed by atoms with Gasteiger partial charge in [0.2, 0.25) is 0 Å². The van der Waals surface area contributed by atoms with Gasteiger partial charge >= 0.3 is 5.97 Å². The first-order chi connectivity index (χ1) is 11.5. The fourth-order valence-corrected chi connectivity index (χ4v) is 5.83. The van der Waals surface area contributed by atoms with Crippen LogP contribution in [0.5, 0.6) is 5.75 Å². The molecule has 0 saturated heterocycles. The van der Waals surface area contributed by atoms with Gasteiger partial charge in [-0.15, -0.1) is 0 Å². The third-order valence-corrected chi connectivity index (χ3v) is 6.34. The highest BCUT2D eigenvalue weighted by Gasteiger charge is 2.60. The predicted molar refractivity (Wildman–Crippen MR) is 92.7 cm³/mol. The van der Waals surface area contributed by atoms with Crippen LogP contribution in [0.3, 0.4) is 0 Å². The number of hydrogen-bond donors (Lipinski definition) is 1. The second-order valence-corrected chi connectivity index (χ2v) is 8.82. The highest BCUT2D eigenvalue weighted by atomic mass is 79.9. The molecule has 4 fully saturated rings. The number of benzene rings is 1. The Bertz CT molecular complexity index is 630. The molecular weight excluding hydrogens is 372 g/mol. The van der Waals surface area contributed by atoms with E-state index in [1.807, 2.05) is 24.3 Å². The molecule has 130 valence electrons. The molecule has 0 radical (unpaired) electrons. The number of halogens is 1. The highest BCUT2D eigenvalue weighted by molar-refractivity contribution is 9.10. The van der Waals surface area contributed by atoms with Crippen molar-refractivity contribution < 1.29 is 19.4 Å². The minimum Gasteiger partial charge on any atom is -0.490 e. The molecule has 0 aliphatic heterocycles. The van der Waals surface area contributed by atoms with Gasteiger partial charge in [0.1, 0.15) is 19.0 Å².